The van der Waals surface area contributed by atoms with Crippen molar-refractivity contribution in [3.05, 3.63) is 71.5 Å². The number of hydrogen-bond donors (Lipinski definition) is 0. The van der Waals surface area contributed by atoms with Gasteiger partial charge in [-0.1, -0.05) is 42.5 Å². The maximum absolute atomic E-state index is 13.6. The SMILES string of the molecule is CN1CCN(C(=O)[C@@H](c2ccccc2)N2C(=O)CS[C@H]2c2ccc(F)cc2)CC1. The van der Waals surface area contributed by atoms with Crippen molar-refractivity contribution in [1.82, 2.24) is 14.7 Å². The summed E-state index contributed by atoms with van der Waals surface area (Å²) in [7, 11) is 2.04. The lowest BCUT2D eigenvalue weighted by atomic mass is 10.0. The van der Waals surface area contributed by atoms with Gasteiger partial charge in [0.2, 0.25) is 11.8 Å². The molecule has 4 rings (SSSR count). The van der Waals surface area contributed by atoms with Crippen LogP contribution < -0.4 is 0 Å². The third kappa shape index (κ3) is 4.16. The van der Waals surface area contributed by atoms with Crippen LogP contribution >= 0.6 is 11.8 Å². The van der Waals surface area contributed by atoms with E-state index in [1.54, 1.807) is 17.0 Å². The Kier molecular flexibility index (Phi) is 5.87. The van der Waals surface area contributed by atoms with E-state index in [4.69, 9.17) is 0 Å². The fourth-order valence-corrected chi connectivity index (χ4v) is 5.06. The second-order valence-corrected chi connectivity index (χ2v) is 8.53. The van der Waals surface area contributed by atoms with Gasteiger partial charge >= 0.3 is 0 Å². The Morgan fingerprint density at radius 3 is 2.34 bits per heavy atom. The molecule has 0 bridgehead atoms. The smallest absolute Gasteiger partial charge is 0.250 e. The Morgan fingerprint density at radius 2 is 1.69 bits per heavy atom. The highest BCUT2D eigenvalue weighted by atomic mass is 32.2. The molecule has 2 amide bonds. The number of thioether (sulfide) groups is 1. The lowest BCUT2D eigenvalue weighted by Gasteiger charge is -2.38. The molecular weight excluding hydrogens is 389 g/mol. The van der Waals surface area contributed by atoms with Crippen LogP contribution in [0, 0.1) is 5.82 Å². The molecule has 2 saturated heterocycles. The molecule has 5 nitrogen and oxygen atoms in total. The molecule has 0 radical (unpaired) electrons. The van der Waals surface area contributed by atoms with Gasteiger partial charge in [-0.3, -0.25) is 9.59 Å². The van der Waals surface area contributed by atoms with E-state index >= 15 is 0 Å². The topological polar surface area (TPSA) is 43.9 Å². The quantitative estimate of drug-likeness (QED) is 0.773. The minimum atomic E-state index is -0.683. The van der Waals surface area contributed by atoms with Crippen molar-refractivity contribution >= 4 is 23.6 Å². The lowest BCUT2D eigenvalue weighted by molar-refractivity contribution is -0.146. The van der Waals surface area contributed by atoms with E-state index in [2.05, 4.69) is 4.90 Å². The Labute approximate surface area is 174 Å². The Morgan fingerprint density at radius 1 is 1.03 bits per heavy atom. The molecule has 0 aromatic heterocycles. The lowest BCUT2D eigenvalue weighted by Crippen LogP contribution is -2.51. The van der Waals surface area contributed by atoms with Crippen molar-refractivity contribution in [3.8, 4) is 0 Å². The molecule has 29 heavy (non-hydrogen) atoms. The third-order valence-electron chi connectivity index (χ3n) is 5.50. The first kappa shape index (κ1) is 19.9. The predicted molar refractivity (Wildman–Crippen MR) is 112 cm³/mol. The number of nitrogens with zero attached hydrogens (tertiary/aromatic N) is 3. The van der Waals surface area contributed by atoms with Crippen LogP contribution in [-0.2, 0) is 9.59 Å². The molecular formula is C22H24FN3O2S. The van der Waals surface area contributed by atoms with Gasteiger partial charge in [0, 0.05) is 26.2 Å². The average Bonchev–Trinajstić information content (AvgIpc) is 3.11. The number of rotatable bonds is 4. The fraction of sp³-hybridized carbons (Fsp3) is 0.364. The van der Waals surface area contributed by atoms with Crippen LogP contribution in [0.1, 0.15) is 22.5 Å². The molecule has 0 saturated carbocycles. The van der Waals surface area contributed by atoms with Crippen molar-refractivity contribution in [2.24, 2.45) is 0 Å². The highest BCUT2D eigenvalue weighted by Crippen LogP contribution is 2.44. The number of hydrogen-bond acceptors (Lipinski definition) is 4. The van der Waals surface area contributed by atoms with Crippen LogP contribution in [0.4, 0.5) is 4.39 Å². The van der Waals surface area contributed by atoms with Crippen molar-refractivity contribution in [1.29, 1.82) is 0 Å². The maximum atomic E-state index is 13.6. The molecule has 0 N–H and O–H groups in total. The maximum Gasteiger partial charge on any atom is 0.250 e. The molecule has 7 heteroatoms. The first-order chi connectivity index (χ1) is 14.0. The molecule has 0 spiro atoms. The summed E-state index contributed by atoms with van der Waals surface area (Å²) in [5.74, 6) is -0.128. The summed E-state index contributed by atoms with van der Waals surface area (Å²) >= 11 is 1.48. The first-order valence-electron chi connectivity index (χ1n) is 9.75. The minimum absolute atomic E-state index is 0.0488. The van der Waals surface area contributed by atoms with E-state index in [1.807, 2.05) is 42.3 Å². The van der Waals surface area contributed by atoms with E-state index in [9.17, 15) is 14.0 Å². The number of benzene rings is 2. The number of likely N-dealkylation sites (N-methyl/N-ethyl adjacent to an activating group) is 1. The zero-order chi connectivity index (χ0) is 20.4. The number of halogens is 1. The van der Waals surface area contributed by atoms with Crippen molar-refractivity contribution < 1.29 is 14.0 Å². The van der Waals surface area contributed by atoms with Crippen molar-refractivity contribution in [3.63, 3.8) is 0 Å². The molecule has 2 aliphatic rings. The third-order valence-corrected chi connectivity index (χ3v) is 6.73. The van der Waals surface area contributed by atoms with Gasteiger partial charge in [0.25, 0.3) is 0 Å². The number of amides is 2. The van der Waals surface area contributed by atoms with Crippen LogP contribution in [0.2, 0.25) is 0 Å². The molecule has 2 aromatic rings. The number of carbonyl (C=O) groups excluding carboxylic acids is 2. The van der Waals surface area contributed by atoms with Gasteiger partial charge in [-0.05, 0) is 30.3 Å². The summed E-state index contributed by atoms with van der Waals surface area (Å²) in [4.78, 5) is 32.3. The Hall–Kier alpha value is -2.38. The zero-order valence-corrected chi connectivity index (χ0v) is 17.1. The Bertz CT molecular complexity index is 869. The fourth-order valence-electron chi connectivity index (χ4n) is 3.86. The molecule has 2 atom stereocenters. The van der Waals surface area contributed by atoms with Crippen LogP contribution in [0.15, 0.2) is 54.6 Å². The van der Waals surface area contributed by atoms with Gasteiger partial charge in [-0.25, -0.2) is 4.39 Å². The first-order valence-corrected chi connectivity index (χ1v) is 10.8. The van der Waals surface area contributed by atoms with Gasteiger partial charge < -0.3 is 14.7 Å². The summed E-state index contributed by atoms with van der Waals surface area (Å²) in [6, 6.07) is 15.0. The van der Waals surface area contributed by atoms with E-state index in [1.165, 1.54) is 23.9 Å². The van der Waals surface area contributed by atoms with E-state index in [0.717, 1.165) is 24.2 Å². The van der Waals surface area contributed by atoms with E-state index in [0.29, 0.717) is 18.8 Å². The molecule has 2 aliphatic heterocycles. The number of carbonyl (C=O) groups is 2. The molecule has 0 aliphatic carbocycles. The molecule has 2 fully saturated rings. The largest absolute Gasteiger partial charge is 0.338 e. The monoisotopic (exact) mass is 413 g/mol. The summed E-state index contributed by atoms with van der Waals surface area (Å²) in [6.07, 6.45) is 0. The highest BCUT2D eigenvalue weighted by Gasteiger charge is 2.43. The van der Waals surface area contributed by atoms with Gasteiger partial charge in [0.1, 0.15) is 17.2 Å². The van der Waals surface area contributed by atoms with Crippen molar-refractivity contribution in [2.45, 2.75) is 11.4 Å². The zero-order valence-electron chi connectivity index (χ0n) is 16.3. The van der Waals surface area contributed by atoms with Gasteiger partial charge in [-0.15, -0.1) is 11.8 Å². The summed E-state index contributed by atoms with van der Waals surface area (Å²) in [5.41, 5.74) is 1.63. The second-order valence-electron chi connectivity index (χ2n) is 7.46. The van der Waals surface area contributed by atoms with Gasteiger partial charge in [0.05, 0.1) is 5.75 Å². The highest BCUT2D eigenvalue weighted by molar-refractivity contribution is 8.00. The van der Waals surface area contributed by atoms with Crippen LogP contribution in [0.25, 0.3) is 0 Å². The summed E-state index contributed by atoms with van der Waals surface area (Å²) in [5, 5.41) is -0.315. The molecule has 0 unspecified atom stereocenters. The normalized spacial score (nSPS) is 21.4. The van der Waals surface area contributed by atoms with Crippen LogP contribution in [0.3, 0.4) is 0 Å². The second kappa shape index (κ2) is 8.55. The van der Waals surface area contributed by atoms with Gasteiger partial charge in [-0.2, -0.15) is 0 Å². The standard InChI is InChI=1S/C22H24FN3O2S/c1-24-11-13-25(14-12-24)21(28)20(16-5-3-2-4-6-16)26-19(27)15-29-22(26)17-7-9-18(23)10-8-17/h2-10,20,22H,11-15H2,1H3/t20-,22+/m1/s1. The molecule has 152 valence electrons. The number of piperazine rings is 1. The molecule has 2 aromatic carbocycles. The van der Waals surface area contributed by atoms with E-state index in [-0.39, 0.29) is 23.0 Å². The van der Waals surface area contributed by atoms with Gasteiger partial charge in [0.15, 0.2) is 0 Å². The minimum Gasteiger partial charge on any atom is -0.338 e. The average molecular weight is 414 g/mol. The summed E-state index contributed by atoms with van der Waals surface area (Å²) < 4.78 is 13.4. The Balaban J connectivity index is 1.70. The van der Waals surface area contributed by atoms with E-state index < -0.39 is 6.04 Å². The van der Waals surface area contributed by atoms with Crippen LogP contribution in [-0.4, -0.2) is 65.5 Å². The van der Waals surface area contributed by atoms with Crippen molar-refractivity contribution in [2.75, 3.05) is 39.0 Å². The summed E-state index contributed by atoms with van der Waals surface area (Å²) in [6.45, 7) is 2.93. The van der Waals surface area contributed by atoms with Crippen LogP contribution in [0.5, 0.6) is 0 Å². The molecule has 2 heterocycles. The predicted octanol–water partition coefficient (Wildman–Crippen LogP) is 2.92.